The number of rotatable bonds is 1. The molecule has 1 aromatic carbocycles. The third kappa shape index (κ3) is 3.71. The van der Waals surface area contributed by atoms with Crippen LogP contribution in [0.25, 0.3) is 11.5 Å². The zero-order chi connectivity index (χ0) is 19.3. The number of hydrogen-bond donors (Lipinski definition) is 1. The molecule has 2 aromatic heterocycles. The number of nitrogens with zero attached hydrogens (tertiary/aromatic N) is 4. The van der Waals surface area contributed by atoms with Crippen molar-refractivity contribution in [1.29, 1.82) is 0 Å². The maximum absolute atomic E-state index is 12.9. The molecule has 0 aliphatic carbocycles. The highest BCUT2D eigenvalue weighted by Crippen LogP contribution is 2.26. The molecular formula is C20H19N5O3. The van der Waals surface area contributed by atoms with Crippen LogP contribution in [0.2, 0.25) is 0 Å². The van der Waals surface area contributed by atoms with Crippen molar-refractivity contribution in [3.8, 4) is 23.0 Å². The predicted molar refractivity (Wildman–Crippen MR) is 103 cm³/mol. The van der Waals surface area contributed by atoms with Gasteiger partial charge in [-0.2, -0.15) is 0 Å². The summed E-state index contributed by atoms with van der Waals surface area (Å²) >= 11 is 0. The normalized spacial score (nSPS) is 15.1. The van der Waals surface area contributed by atoms with Gasteiger partial charge in [0.15, 0.2) is 5.82 Å². The fourth-order valence-electron chi connectivity index (χ4n) is 2.91. The lowest BCUT2D eigenvalue weighted by atomic mass is 10.1. The van der Waals surface area contributed by atoms with Gasteiger partial charge < -0.3 is 19.4 Å². The Kier molecular flexibility index (Phi) is 5.01. The average Bonchev–Trinajstić information content (AvgIpc) is 3.18. The molecule has 1 aliphatic rings. The third-order valence-corrected chi connectivity index (χ3v) is 4.31. The molecule has 0 saturated carbocycles. The quantitative estimate of drug-likeness (QED) is 0.656. The van der Waals surface area contributed by atoms with Crippen LogP contribution in [0.1, 0.15) is 16.8 Å². The van der Waals surface area contributed by atoms with Gasteiger partial charge in [-0.25, -0.2) is 4.98 Å². The number of ether oxygens (including phenoxy) is 2. The van der Waals surface area contributed by atoms with Crippen LogP contribution in [0.5, 0.6) is 11.5 Å². The molecule has 2 bridgehead atoms. The summed E-state index contributed by atoms with van der Waals surface area (Å²) in [5.41, 5.74) is 1.01. The summed E-state index contributed by atoms with van der Waals surface area (Å²) in [5.74, 6) is 1.78. The lowest BCUT2D eigenvalue weighted by Gasteiger charge is -2.12. The van der Waals surface area contributed by atoms with Gasteiger partial charge in [0.25, 0.3) is 5.91 Å². The summed E-state index contributed by atoms with van der Waals surface area (Å²) in [7, 11) is 1.55. The first kappa shape index (κ1) is 17.7. The van der Waals surface area contributed by atoms with Crippen LogP contribution in [0, 0.1) is 0 Å². The van der Waals surface area contributed by atoms with E-state index in [1.165, 1.54) is 0 Å². The number of hydrogen-bond acceptors (Lipinski definition) is 6. The molecule has 0 spiro atoms. The van der Waals surface area contributed by atoms with Gasteiger partial charge in [0.05, 0.1) is 12.7 Å². The first-order valence-corrected chi connectivity index (χ1v) is 8.87. The summed E-state index contributed by atoms with van der Waals surface area (Å²) in [6.45, 7) is 1.07. The molecule has 0 saturated heterocycles. The molecule has 3 heterocycles. The molecule has 0 fully saturated rings. The highest BCUT2D eigenvalue weighted by atomic mass is 16.5. The SMILES string of the molecule is COc1ccc2c(c1)C(=O)Nc1cccc(n1)-c1nncn1CC/C=C/CO2. The monoisotopic (exact) mass is 377 g/mol. The van der Waals surface area contributed by atoms with Crippen LogP contribution in [0.15, 0.2) is 54.9 Å². The number of pyridine rings is 1. The van der Waals surface area contributed by atoms with Crippen LogP contribution in [-0.2, 0) is 6.54 Å². The first-order valence-electron chi connectivity index (χ1n) is 8.87. The smallest absolute Gasteiger partial charge is 0.260 e. The lowest BCUT2D eigenvalue weighted by Crippen LogP contribution is -2.15. The van der Waals surface area contributed by atoms with E-state index in [2.05, 4.69) is 20.5 Å². The summed E-state index contributed by atoms with van der Waals surface area (Å²) in [5, 5.41) is 11.0. The number of methoxy groups -OCH3 is 1. The number of allylic oxidation sites excluding steroid dienone is 1. The summed E-state index contributed by atoms with van der Waals surface area (Å²) < 4.78 is 13.0. The fraction of sp³-hybridized carbons (Fsp3) is 0.200. The Morgan fingerprint density at radius 2 is 2.14 bits per heavy atom. The zero-order valence-electron chi connectivity index (χ0n) is 15.3. The number of carbonyl (C=O) groups is 1. The Hall–Kier alpha value is -3.68. The highest BCUT2D eigenvalue weighted by molar-refractivity contribution is 6.06. The predicted octanol–water partition coefficient (Wildman–Crippen LogP) is 2.94. The maximum atomic E-state index is 12.9. The molecule has 0 atom stereocenters. The number of nitrogens with one attached hydrogen (secondary N) is 1. The second-order valence-corrected chi connectivity index (χ2v) is 6.14. The second-order valence-electron chi connectivity index (χ2n) is 6.14. The summed E-state index contributed by atoms with van der Waals surface area (Å²) in [6.07, 6.45) is 6.41. The molecule has 0 radical (unpaired) electrons. The molecule has 1 aliphatic heterocycles. The first-order chi connectivity index (χ1) is 13.7. The number of benzene rings is 1. The van der Waals surface area contributed by atoms with Crippen LogP contribution >= 0.6 is 0 Å². The topological polar surface area (TPSA) is 91.2 Å². The van der Waals surface area contributed by atoms with Crippen molar-refractivity contribution in [2.75, 3.05) is 19.0 Å². The number of fused-ring (bicyclic) bond motifs is 5. The summed E-state index contributed by atoms with van der Waals surface area (Å²) in [4.78, 5) is 17.4. The van der Waals surface area contributed by atoms with E-state index in [4.69, 9.17) is 9.47 Å². The zero-order valence-corrected chi connectivity index (χ0v) is 15.3. The molecule has 142 valence electrons. The van der Waals surface area contributed by atoms with Crippen LogP contribution in [0.4, 0.5) is 5.82 Å². The maximum Gasteiger partial charge on any atom is 0.260 e. The Bertz CT molecular complexity index is 1030. The van der Waals surface area contributed by atoms with E-state index in [0.717, 1.165) is 6.42 Å². The van der Waals surface area contributed by atoms with Gasteiger partial charge in [0.1, 0.15) is 35.9 Å². The standard InChI is InChI=1S/C20H19N5O3/c1-27-14-8-9-17-15(12-14)20(26)23-18-7-5-6-16(22-18)19-24-21-13-25(19)10-3-2-4-11-28-17/h2,4-9,12-13H,3,10-11H2,1H3,(H,22,23,26)/b4-2+. The van der Waals surface area contributed by atoms with E-state index < -0.39 is 0 Å². The van der Waals surface area contributed by atoms with E-state index in [1.54, 1.807) is 37.7 Å². The van der Waals surface area contributed by atoms with Crippen molar-refractivity contribution in [2.45, 2.75) is 13.0 Å². The molecular weight excluding hydrogens is 358 g/mol. The van der Waals surface area contributed by atoms with Gasteiger partial charge in [-0.3, -0.25) is 4.79 Å². The van der Waals surface area contributed by atoms with E-state index in [0.29, 0.717) is 47.6 Å². The van der Waals surface area contributed by atoms with Gasteiger partial charge in [0.2, 0.25) is 0 Å². The molecule has 28 heavy (non-hydrogen) atoms. The lowest BCUT2D eigenvalue weighted by molar-refractivity contribution is 0.102. The van der Waals surface area contributed by atoms with Gasteiger partial charge in [0, 0.05) is 6.54 Å². The highest BCUT2D eigenvalue weighted by Gasteiger charge is 2.16. The molecule has 8 heteroatoms. The summed E-state index contributed by atoms with van der Waals surface area (Å²) in [6, 6.07) is 10.5. The van der Waals surface area contributed by atoms with E-state index in [1.807, 2.05) is 28.9 Å². The third-order valence-electron chi connectivity index (χ3n) is 4.31. The minimum atomic E-state index is -0.334. The number of aromatic nitrogens is 4. The van der Waals surface area contributed by atoms with E-state index in [9.17, 15) is 4.79 Å². The van der Waals surface area contributed by atoms with Crippen molar-refractivity contribution in [1.82, 2.24) is 19.7 Å². The molecule has 4 rings (SSSR count). The van der Waals surface area contributed by atoms with Crippen LogP contribution in [-0.4, -0.2) is 39.4 Å². The van der Waals surface area contributed by atoms with Crippen molar-refractivity contribution < 1.29 is 14.3 Å². The average molecular weight is 377 g/mol. The van der Waals surface area contributed by atoms with Crippen LogP contribution in [0.3, 0.4) is 0 Å². The Morgan fingerprint density at radius 1 is 1.21 bits per heavy atom. The minimum absolute atomic E-state index is 0.334. The van der Waals surface area contributed by atoms with Gasteiger partial charge in [-0.15, -0.1) is 10.2 Å². The Labute approximate surface area is 161 Å². The van der Waals surface area contributed by atoms with E-state index >= 15 is 0 Å². The van der Waals surface area contributed by atoms with Crippen molar-refractivity contribution in [3.63, 3.8) is 0 Å². The van der Waals surface area contributed by atoms with Crippen molar-refractivity contribution in [2.24, 2.45) is 0 Å². The molecule has 0 unspecified atom stereocenters. The Balaban J connectivity index is 1.74. The van der Waals surface area contributed by atoms with Gasteiger partial charge >= 0.3 is 0 Å². The molecule has 3 aromatic rings. The molecule has 1 N–H and O–H groups in total. The van der Waals surface area contributed by atoms with Crippen LogP contribution < -0.4 is 14.8 Å². The number of anilines is 1. The number of carbonyl (C=O) groups excluding carboxylic acids is 1. The van der Waals surface area contributed by atoms with Gasteiger partial charge in [-0.05, 0) is 36.8 Å². The van der Waals surface area contributed by atoms with Crippen molar-refractivity contribution in [3.05, 3.63) is 60.4 Å². The fourth-order valence-corrected chi connectivity index (χ4v) is 2.91. The van der Waals surface area contributed by atoms with E-state index in [-0.39, 0.29) is 5.91 Å². The second kappa shape index (κ2) is 7.91. The molecule has 8 nitrogen and oxygen atoms in total. The number of amides is 1. The largest absolute Gasteiger partial charge is 0.497 e. The number of aryl methyl sites for hydroxylation is 1. The van der Waals surface area contributed by atoms with Gasteiger partial charge in [-0.1, -0.05) is 18.2 Å². The van der Waals surface area contributed by atoms with Crippen molar-refractivity contribution >= 4 is 11.7 Å². The minimum Gasteiger partial charge on any atom is -0.497 e. The Morgan fingerprint density at radius 3 is 3.04 bits per heavy atom. The molecule has 1 amide bonds.